The fraction of sp³-hybridized carbons (Fsp3) is 0.227. The summed E-state index contributed by atoms with van der Waals surface area (Å²) in [5, 5.41) is 8.06. The molecule has 0 aromatic heterocycles. The molecule has 0 heterocycles. The third-order valence-electron chi connectivity index (χ3n) is 4.62. The Hall–Kier alpha value is -3.05. The van der Waals surface area contributed by atoms with Crippen LogP contribution in [0.1, 0.15) is 11.6 Å². The van der Waals surface area contributed by atoms with Crippen LogP contribution in [0.15, 0.2) is 66.7 Å². The summed E-state index contributed by atoms with van der Waals surface area (Å²) in [6, 6.07) is 21.6. The van der Waals surface area contributed by atoms with Crippen molar-refractivity contribution < 1.29 is 9.53 Å². The molecule has 1 atom stereocenters. The van der Waals surface area contributed by atoms with Gasteiger partial charge in [-0.1, -0.05) is 48.5 Å². The number of fused-ring (bicyclic) bond motifs is 1. The third-order valence-corrected chi connectivity index (χ3v) is 4.62. The quantitative estimate of drug-likeness (QED) is 0.687. The molecule has 0 saturated carbocycles. The molecule has 140 valence electrons. The van der Waals surface area contributed by atoms with E-state index in [0.717, 1.165) is 27.8 Å². The van der Waals surface area contributed by atoms with Crippen molar-refractivity contribution in [1.29, 1.82) is 0 Å². The van der Waals surface area contributed by atoms with E-state index in [1.54, 1.807) is 7.11 Å². The molecule has 3 aromatic rings. The number of urea groups is 1. The van der Waals surface area contributed by atoms with Crippen LogP contribution in [0.3, 0.4) is 0 Å². The number of rotatable bonds is 6. The molecule has 0 radical (unpaired) electrons. The minimum absolute atomic E-state index is 0.0640. The number of carbonyl (C=O) groups excluding carboxylic acids is 1. The molecular formula is C22H25N3O2. The predicted octanol–water partition coefficient (Wildman–Crippen LogP) is 4.27. The molecular weight excluding hydrogens is 338 g/mol. The highest BCUT2D eigenvalue weighted by molar-refractivity contribution is 6.01. The minimum atomic E-state index is -0.216. The van der Waals surface area contributed by atoms with E-state index in [4.69, 9.17) is 4.74 Å². The van der Waals surface area contributed by atoms with Gasteiger partial charge in [0.1, 0.15) is 5.75 Å². The van der Waals surface area contributed by atoms with Crippen LogP contribution >= 0.6 is 0 Å². The second-order valence-electron chi connectivity index (χ2n) is 6.61. The summed E-state index contributed by atoms with van der Waals surface area (Å²) in [5.41, 5.74) is 1.92. The first kappa shape index (κ1) is 18.7. The lowest BCUT2D eigenvalue weighted by molar-refractivity contribution is 0.243. The highest BCUT2D eigenvalue weighted by atomic mass is 16.5. The monoisotopic (exact) mass is 363 g/mol. The fourth-order valence-electron chi connectivity index (χ4n) is 3.11. The highest BCUT2D eigenvalue weighted by Crippen LogP contribution is 2.23. The van der Waals surface area contributed by atoms with Gasteiger partial charge in [0.05, 0.1) is 18.8 Å². The predicted molar refractivity (Wildman–Crippen MR) is 110 cm³/mol. The molecule has 0 saturated heterocycles. The van der Waals surface area contributed by atoms with Crippen LogP contribution < -0.4 is 15.4 Å². The Morgan fingerprint density at radius 3 is 2.41 bits per heavy atom. The van der Waals surface area contributed by atoms with E-state index < -0.39 is 0 Å². The number of hydrogen-bond donors (Lipinski definition) is 2. The second-order valence-corrected chi connectivity index (χ2v) is 6.61. The van der Waals surface area contributed by atoms with E-state index in [2.05, 4.69) is 15.5 Å². The van der Waals surface area contributed by atoms with Crippen LogP contribution in [0.5, 0.6) is 5.75 Å². The third kappa shape index (κ3) is 4.57. The summed E-state index contributed by atoms with van der Waals surface area (Å²) in [4.78, 5) is 14.5. The van der Waals surface area contributed by atoms with Crippen molar-refractivity contribution in [2.45, 2.75) is 6.04 Å². The number of carbonyl (C=O) groups is 1. The number of methoxy groups -OCH3 is 1. The van der Waals surface area contributed by atoms with Gasteiger partial charge < -0.3 is 20.3 Å². The summed E-state index contributed by atoms with van der Waals surface area (Å²) >= 11 is 0. The van der Waals surface area contributed by atoms with Gasteiger partial charge in [-0.3, -0.25) is 0 Å². The van der Waals surface area contributed by atoms with Crippen molar-refractivity contribution >= 4 is 22.5 Å². The largest absolute Gasteiger partial charge is 0.497 e. The Morgan fingerprint density at radius 1 is 1.00 bits per heavy atom. The SMILES string of the molecule is COc1ccc(C(CNC(=O)Nc2cccc3ccccc23)N(C)C)cc1. The summed E-state index contributed by atoms with van der Waals surface area (Å²) in [5.74, 6) is 0.818. The number of ether oxygens (including phenoxy) is 1. The average Bonchev–Trinajstić information content (AvgIpc) is 2.68. The fourth-order valence-corrected chi connectivity index (χ4v) is 3.11. The van der Waals surface area contributed by atoms with Crippen molar-refractivity contribution in [3.05, 3.63) is 72.3 Å². The lowest BCUT2D eigenvalue weighted by atomic mass is 10.1. The van der Waals surface area contributed by atoms with Crippen LogP contribution in [0.4, 0.5) is 10.5 Å². The maximum Gasteiger partial charge on any atom is 0.319 e. The first-order valence-corrected chi connectivity index (χ1v) is 8.91. The Morgan fingerprint density at radius 2 is 1.70 bits per heavy atom. The molecule has 2 amide bonds. The van der Waals surface area contributed by atoms with Gasteiger partial charge in [0.25, 0.3) is 0 Å². The van der Waals surface area contributed by atoms with Crippen LogP contribution in [0.25, 0.3) is 10.8 Å². The van der Waals surface area contributed by atoms with Crippen molar-refractivity contribution in [3.8, 4) is 5.75 Å². The number of nitrogens with zero attached hydrogens (tertiary/aromatic N) is 1. The maximum atomic E-state index is 12.5. The Bertz CT molecular complexity index is 902. The van der Waals surface area contributed by atoms with E-state index in [1.165, 1.54) is 0 Å². The van der Waals surface area contributed by atoms with Gasteiger partial charge in [-0.2, -0.15) is 0 Å². The zero-order valence-electron chi connectivity index (χ0n) is 15.9. The molecule has 0 fully saturated rings. The number of nitrogens with one attached hydrogen (secondary N) is 2. The van der Waals surface area contributed by atoms with Gasteiger partial charge in [0.15, 0.2) is 0 Å². The molecule has 27 heavy (non-hydrogen) atoms. The first-order chi connectivity index (χ1) is 13.1. The smallest absolute Gasteiger partial charge is 0.319 e. The highest BCUT2D eigenvalue weighted by Gasteiger charge is 2.15. The lowest BCUT2D eigenvalue weighted by Gasteiger charge is -2.25. The number of amides is 2. The lowest BCUT2D eigenvalue weighted by Crippen LogP contribution is -2.36. The molecule has 0 spiro atoms. The maximum absolute atomic E-state index is 12.5. The van der Waals surface area contributed by atoms with Crippen LogP contribution in [0, 0.1) is 0 Å². The van der Waals surface area contributed by atoms with E-state index in [9.17, 15) is 4.79 Å². The normalized spacial score (nSPS) is 12.0. The van der Waals surface area contributed by atoms with Crippen molar-refractivity contribution in [2.75, 3.05) is 33.1 Å². The number of anilines is 1. The second kappa shape index (κ2) is 8.56. The molecule has 2 N–H and O–H groups in total. The van der Waals surface area contributed by atoms with Crippen LogP contribution in [-0.4, -0.2) is 38.7 Å². The van der Waals surface area contributed by atoms with Gasteiger partial charge in [-0.15, -0.1) is 0 Å². The molecule has 0 aliphatic rings. The van der Waals surface area contributed by atoms with Crippen molar-refractivity contribution in [3.63, 3.8) is 0 Å². The van der Waals surface area contributed by atoms with Gasteiger partial charge in [0.2, 0.25) is 0 Å². The van der Waals surface area contributed by atoms with Crippen LogP contribution in [0.2, 0.25) is 0 Å². The molecule has 3 aromatic carbocycles. The van der Waals surface area contributed by atoms with E-state index >= 15 is 0 Å². The summed E-state index contributed by atoms with van der Waals surface area (Å²) in [6.07, 6.45) is 0. The Balaban J connectivity index is 1.67. The Labute approximate surface area is 159 Å². The molecule has 0 aliphatic heterocycles. The standard InChI is InChI=1S/C22H25N3O2/c1-25(2)21(17-11-13-18(27-3)14-12-17)15-23-22(26)24-20-10-6-8-16-7-4-5-9-19(16)20/h4-14,21H,15H2,1-3H3,(H2,23,24,26). The van der Waals surface area contributed by atoms with Gasteiger partial charge in [-0.05, 0) is 43.2 Å². The topological polar surface area (TPSA) is 53.6 Å². The number of likely N-dealkylation sites (N-methyl/N-ethyl adjacent to an activating group) is 1. The van der Waals surface area contributed by atoms with Gasteiger partial charge in [-0.25, -0.2) is 4.79 Å². The minimum Gasteiger partial charge on any atom is -0.497 e. The summed E-state index contributed by atoms with van der Waals surface area (Å²) < 4.78 is 5.22. The van der Waals surface area contributed by atoms with Gasteiger partial charge in [0, 0.05) is 11.9 Å². The average molecular weight is 363 g/mol. The Kier molecular flexibility index (Phi) is 5.94. The number of hydrogen-bond acceptors (Lipinski definition) is 3. The molecule has 0 bridgehead atoms. The molecule has 5 nitrogen and oxygen atoms in total. The van der Waals surface area contributed by atoms with E-state index in [0.29, 0.717) is 6.54 Å². The van der Waals surface area contributed by atoms with E-state index in [1.807, 2.05) is 80.8 Å². The van der Waals surface area contributed by atoms with Gasteiger partial charge >= 0.3 is 6.03 Å². The summed E-state index contributed by atoms with van der Waals surface area (Å²) in [6.45, 7) is 0.496. The molecule has 0 aliphatic carbocycles. The van der Waals surface area contributed by atoms with E-state index in [-0.39, 0.29) is 12.1 Å². The van der Waals surface area contributed by atoms with Crippen LogP contribution in [-0.2, 0) is 0 Å². The van der Waals surface area contributed by atoms with Crippen molar-refractivity contribution in [2.24, 2.45) is 0 Å². The van der Waals surface area contributed by atoms with Crippen molar-refractivity contribution in [1.82, 2.24) is 10.2 Å². The zero-order chi connectivity index (χ0) is 19.2. The first-order valence-electron chi connectivity index (χ1n) is 8.91. The molecule has 5 heteroatoms. The molecule has 3 rings (SSSR count). The zero-order valence-corrected chi connectivity index (χ0v) is 15.9. The molecule has 1 unspecified atom stereocenters. The number of benzene rings is 3. The summed E-state index contributed by atoms with van der Waals surface area (Å²) in [7, 11) is 5.65.